The SMILES string of the molecule is NCc1ccc(C(=O)Nc2sc(Nc3ccc4ccccc4c3)nc2C(N)=O)cc1. The lowest BCUT2D eigenvalue weighted by atomic mass is 10.1. The van der Waals surface area contributed by atoms with E-state index in [0.29, 0.717) is 22.2 Å². The van der Waals surface area contributed by atoms with E-state index in [9.17, 15) is 9.59 Å². The number of hydrogen-bond donors (Lipinski definition) is 4. The van der Waals surface area contributed by atoms with Crippen LogP contribution in [0.3, 0.4) is 0 Å². The summed E-state index contributed by atoms with van der Waals surface area (Å²) in [5.74, 6) is -1.08. The molecule has 0 unspecified atom stereocenters. The summed E-state index contributed by atoms with van der Waals surface area (Å²) >= 11 is 1.14. The molecular formula is C22H19N5O2S. The third-order valence-electron chi connectivity index (χ3n) is 4.54. The second kappa shape index (κ2) is 8.32. The van der Waals surface area contributed by atoms with Gasteiger partial charge in [0.1, 0.15) is 5.00 Å². The van der Waals surface area contributed by atoms with Crippen molar-refractivity contribution in [2.75, 3.05) is 10.6 Å². The molecule has 0 atom stereocenters. The van der Waals surface area contributed by atoms with Crippen molar-refractivity contribution in [1.29, 1.82) is 0 Å². The van der Waals surface area contributed by atoms with Crippen molar-refractivity contribution in [3.05, 3.63) is 83.6 Å². The molecule has 0 aliphatic rings. The molecule has 8 heteroatoms. The first-order chi connectivity index (χ1) is 14.5. The van der Waals surface area contributed by atoms with Crippen molar-refractivity contribution in [2.45, 2.75) is 6.54 Å². The molecule has 0 saturated carbocycles. The predicted molar refractivity (Wildman–Crippen MR) is 120 cm³/mol. The lowest BCUT2D eigenvalue weighted by Crippen LogP contribution is -2.17. The third-order valence-corrected chi connectivity index (χ3v) is 5.43. The van der Waals surface area contributed by atoms with Gasteiger partial charge in [-0.25, -0.2) is 4.98 Å². The molecule has 2 amide bonds. The number of benzene rings is 3. The maximum atomic E-state index is 12.6. The molecule has 150 valence electrons. The molecule has 0 aliphatic heterocycles. The third kappa shape index (κ3) is 4.14. The summed E-state index contributed by atoms with van der Waals surface area (Å²) in [6.07, 6.45) is 0. The van der Waals surface area contributed by atoms with Crippen LogP contribution in [0, 0.1) is 0 Å². The van der Waals surface area contributed by atoms with Crippen LogP contribution >= 0.6 is 11.3 Å². The van der Waals surface area contributed by atoms with Gasteiger partial charge in [0, 0.05) is 17.8 Å². The van der Waals surface area contributed by atoms with E-state index in [-0.39, 0.29) is 11.6 Å². The Morgan fingerprint density at radius 3 is 2.40 bits per heavy atom. The van der Waals surface area contributed by atoms with Gasteiger partial charge in [-0.05, 0) is 40.6 Å². The Morgan fingerprint density at radius 1 is 0.967 bits per heavy atom. The highest BCUT2D eigenvalue weighted by atomic mass is 32.1. The lowest BCUT2D eigenvalue weighted by Gasteiger charge is -2.05. The summed E-state index contributed by atoms with van der Waals surface area (Å²) in [7, 11) is 0. The van der Waals surface area contributed by atoms with Crippen molar-refractivity contribution in [2.24, 2.45) is 11.5 Å². The van der Waals surface area contributed by atoms with Gasteiger partial charge in [-0.1, -0.05) is 53.8 Å². The van der Waals surface area contributed by atoms with E-state index in [1.54, 1.807) is 24.3 Å². The number of anilines is 3. The van der Waals surface area contributed by atoms with Crippen molar-refractivity contribution < 1.29 is 9.59 Å². The van der Waals surface area contributed by atoms with Gasteiger partial charge in [0.15, 0.2) is 10.8 Å². The molecule has 0 spiro atoms. The summed E-state index contributed by atoms with van der Waals surface area (Å²) in [5, 5.41) is 8.83. The van der Waals surface area contributed by atoms with E-state index in [1.165, 1.54) is 0 Å². The average Bonchev–Trinajstić information content (AvgIpc) is 3.16. The van der Waals surface area contributed by atoms with E-state index in [2.05, 4.69) is 15.6 Å². The van der Waals surface area contributed by atoms with Gasteiger partial charge in [-0.2, -0.15) is 0 Å². The summed E-state index contributed by atoms with van der Waals surface area (Å²) in [6, 6.07) is 20.8. The van der Waals surface area contributed by atoms with Gasteiger partial charge >= 0.3 is 0 Å². The standard InChI is InChI=1S/C22H19N5O2S/c23-12-13-5-7-15(8-6-13)20(29)27-21-18(19(24)28)26-22(30-21)25-17-10-9-14-3-1-2-4-16(14)11-17/h1-11H,12,23H2,(H2,24,28)(H,25,26)(H,27,29). The fourth-order valence-electron chi connectivity index (χ4n) is 2.98. The maximum Gasteiger partial charge on any atom is 0.270 e. The van der Waals surface area contributed by atoms with E-state index >= 15 is 0 Å². The van der Waals surface area contributed by atoms with Crippen molar-refractivity contribution in [3.8, 4) is 0 Å². The summed E-state index contributed by atoms with van der Waals surface area (Å²) < 4.78 is 0. The lowest BCUT2D eigenvalue weighted by molar-refractivity contribution is 0.0997. The second-order valence-electron chi connectivity index (χ2n) is 6.60. The maximum absolute atomic E-state index is 12.6. The molecule has 0 saturated heterocycles. The topological polar surface area (TPSA) is 123 Å². The molecule has 0 radical (unpaired) electrons. The number of fused-ring (bicyclic) bond motifs is 1. The van der Waals surface area contributed by atoms with Crippen LogP contribution in [-0.2, 0) is 6.54 Å². The van der Waals surface area contributed by atoms with Crippen LogP contribution in [0.4, 0.5) is 15.8 Å². The summed E-state index contributed by atoms with van der Waals surface area (Å²) in [6.45, 7) is 0.395. The van der Waals surface area contributed by atoms with Crippen LogP contribution in [0.5, 0.6) is 0 Å². The molecule has 0 aliphatic carbocycles. The molecule has 1 aromatic heterocycles. The zero-order valence-corrected chi connectivity index (χ0v) is 16.7. The predicted octanol–water partition coefficient (Wildman–Crippen LogP) is 3.85. The number of nitrogens with zero attached hydrogens (tertiary/aromatic N) is 1. The first kappa shape index (κ1) is 19.6. The molecule has 4 aromatic rings. The van der Waals surface area contributed by atoms with Crippen LogP contribution in [0.2, 0.25) is 0 Å². The number of aromatic nitrogens is 1. The first-order valence-corrected chi connectivity index (χ1v) is 10.0. The zero-order valence-electron chi connectivity index (χ0n) is 15.9. The van der Waals surface area contributed by atoms with Crippen LogP contribution in [0.15, 0.2) is 66.7 Å². The Hall–Kier alpha value is -3.75. The van der Waals surface area contributed by atoms with Crippen LogP contribution < -0.4 is 22.1 Å². The fourth-order valence-corrected chi connectivity index (χ4v) is 3.87. The van der Waals surface area contributed by atoms with Crippen molar-refractivity contribution in [1.82, 2.24) is 4.98 Å². The van der Waals surface area contributed by atoms with Gasteiger partial charge in [0.25, 0.3) is 11.8 Å². The number of amides is 2. The van der Waals surface area contributed by atoms with Gasteiger partial charge < -0.3 is 22.1 Å². The van der Waals surface area contributed by atoms with E-state index in [4.69, 9.17) is 11.5 Å². The summed E-state index contributed by atoms with van der Waals surface area (Å²) in [5.41, 5.74) is 13.2. The molecule has 3 aromatic carbocycles. The van der Waals surface area contributed by atoms with Crippen LogP contribution in [0.1, 0.15) is 26.4 Å². The molecule has 7 nitrogen and oxygen atoms in total. The Bertz CT molecular complexity index is 1230. The van der Waals surface area contributed by atoms with Gasteiger partial charge in [0.05, 0.1) is 0 Å². The number of thiazole rings is 1. The van der Waals surface area contributed by atoms with Crippen LogP contribution in [-0.4, -0.2) is 16.8 Å². The highest BCUT2D eigenvalue weighted by Gasteiger charge is 2.19. The van der Waals surface area contributed by atoms with E-state index < -0.39 is 5.91 Å². The Balaban J connectivity index is 1.57. The Labute approximate surface area is 176 Å². The molecule has 4 rings (SSSR count). The molecule has 0 fully saturated rings. The molecule has 30 heavy (non-hydrogen) atoms. The average molecular weight is 417 g/mol. The number of rotatable bonds is 6. The monoisotopic (exact) mass is 417 g/mol. The van der Waals surface area contributed by atoms with Crippen LogP contribution in [0.25, 0.3) is 10.8 Å². The minimum Gasteiger partial charge on any atom is -0.364 e. The van der Waals surface area contributed by atoms with Crippen molar-refractivity contribution >= 4 is 49.7 Å². The number of nitrogens with one attached hydrogen (secondary N) is 2. The van der Waals surface area contributed by atoms with Gasteiger partial charge in [-0.3, -0.25) is 9.59 Å². The fraction of sp³-hybridized carbons (Fsp3) is 0.0455. The van der Waals surface area contributed by atoms with Gasteiger partial charge in [-0.15, -0.1) is 0 Å². The zero-order chi connectivity index (χ0) is 21.1. The first-order valence-electron chi connectivity index (χ1n) is 9.20. The van der Waals surface area contributed by atoms with E-state index in [1.807, 2.05) is 42.5 Å². The number of carbonyl (C=O) groups is 2. The molecule has 6 N–H and O–H groups in total. The number of nitrogens with two attached hydrogens (primary N) is 2. The minimum atomic E-state index is -0.716. The Kier molecular flexibility index (Phi) is 5.42. The molecular weight excluding hydrogens is 398 g/mol. The van der Waals surface area contributed by atoms with E-state index in [0.717, 1.165) is 33.4 Å². The Morgan fingerprint density at radius 2 is 1.70 bits per heavy atom. The highest BCUT2D eigenvalue weighted by molar-refractivity contribution is 7.20. The van der Waals surface area contributed by atoms with Crippen molar-refractivity contribution in [3.63, 3.8) is 0 Å². The number of primary amides is 1. The summed E-state index contributed by atoms with van der Waals surface area (Å²) in [4.78, 5) is 28.7. The molecule has 1 heterocycles. The smallest absolute Gasteiger partial charge is 0.270 e. The quantitative estimate of drug-likeness (QED) is 0.379. The largest absolute Gasteiger partial charge is 0.364 e. The second-order valence-corrected chi connectivity index (χ2v) is 7.60. The van der Waals surface area contributed by atoms with Gasteiger partial charge in [0.2, 0.25) is 0 Å². The molecule has 0 bridgehead atoms. The number of hydrogen-bond acceptors (Lipinski definition) is 6. The highest BCUT2D eigenvalue weighted by Crippen LogP contribution is 2.31. The normalized spacial score (nSPS) is 10.7. The minimum absolute atomic E-state index is 0.00946. The number of carbonyl (C=O) groups excluding carboxylic acids is 2.